The van der Waals surface area contributed by atoms with Crippen molar-refractivity contribution in [1.29, 1.82) is 0 Å². The van der Waals surface area contributed by atoms with Gasteiger partial charge >= 0.3 is 0 Å². The van der Waals surface area contributed by atoms with Crippen molar-refractivity contribution >= 4 is 36.5 Å². The lowest BCUT2D eigenvalue weighted by Gasteiger charge is -2.35. The number of anilines is 1. The number of pyridine rings is 1. The Balaban J connectivity index is 0.00000169. The number of piperidine rings is 1. The molecule has 148 valence electrons. The number of halogens is 2. The highest BCUT2D eigenvalue weighted by Gasteiger charge is 2.20. The molecule has 1 aromatic heterocycles. The molecule has 8 heteroatoms. The number of piperazine rings is 1. The van der Waals surface area contributed by atoms with Crippen LogP contribution >= 0.6 is 24.8 Å². The summed E-state index contributed by atoms with van der Waals surface area (Å²) in [4.78, 5) is 21.0. The van der Waals surface area contributed by atoms with Crippen LogP contribution in [0.25, 0.3) is 0 Å². The van der Waals surface area contributed by atoms with Gasteiger partial charge in [-0.1, -0.05) is 6.07 Å². The summed E-state index contributed by atoms with van der Waals surface area (Å²) < 4.78 is 0. The van der Waals surface area contributed by atoms with Crippen molar-refractivity contribution in [3.05, 3.63) is 24.4 Å². The summed E-state index contributed by atoms with van der Waals surface area (Å²) in [6.45, 7) is 7.25. The number of carbonyl (C=O) groups excluding carboxylic acids is 1. The number of carbonyl (C=O) groups is 1. The lowest BCUT2D eigenvalue weighted by molar-refractivity contribution is -0.122. The summed E-state index contributed by atoms with van der Waals surface area (Å²) in [7, 11) is 0. The summed E-state index contributed by atoms with van der Waals surface area (Å²) >= 11 is 0. The fourth-order valence-electron chi connectivity index (χ4n) is 3.52. The Morgan fingerprint density at radius 3 is 2.69 bits per heavy atom. The first-order valence-electron chi connectivity index (χ1n) is 9.17. The topological polar surface area (TPSA) is 60.5 Å². The fraction of sp³-hybridized carbons (Fsp3) is 0.667. The van der Waals surface area contributed by atoms with E-state index < -0.39 is 0 Å². The Kier molecular flexibility index (Phi) is 10.9. The smallest absolute Gasteiger partial charge is 0.234 e. The molecule has 3 heterocycles. The van der Waals surface area contributed by atoms with Gasteiger partial charge in [0.05, 0.1) is 6.54 Å². The van der Waals surface area contributed by atoms with E-state index in [0.29, 0.717) is 6.54 Å². The molecule has 1 unspecified atom stereocenters. The minimum absolute atomic E-state index is 0. The van der Waals surface area contributed by atoms with Crippen LogP contribution in [-0.2, 0) is 4.79 Å². The van der Waals surface area contributed by atoms with E-state index in [0.717, 1.165) is 64.0 Å². The van der Waals surface area contributed by atoms with Gasteiger partial charge in [-0.2, -0.15) is 0 Å². The molecular formula is C18H31Cl2N5O. The van der Waals surface area contributed by atoms with Crippen molar-refractivity contribution in [2.45, 2.75) is 19.3 Å². The van der Waals surface area contributed by atoms with Gasteiger partial charge in [-0.05, 0) is 50.4 Å². The molecule has 0 aromatic carbocycles. The number of nitrogens with one attached hydrogen (secondary N) is 2. The highest BCUT2D eigenvalue weighted by molar-refractivity contribution is 5.85. The van der Waals surface area contributed by atoms with Crippen LogP contribution in [0.2, 0.25) is 0 Å². The van der Waals surface area contributed by atoms with E-state index in [1.54, 1.807) is 0 Å². The van der Waals surface area contributed by atoms with Gasteiger partial charge in [-0.25, -0.2) is 4.98 Å². The van der Waals surface area contributed by atoms with E-state index >= 15 is 0 Å². The van der Waals surface area contributed by atoms with E-state index in [1.807, 2.05) is 24.4 Å². The quantitative estimate of drug-likeness (QED) is 0.754. The monoisotopic (exact) mass is 403 g/mol. The first kappa shape index (κ1) is 23.0. The molecule has 2 N–H and O–H groups in total. The van der Waals surface area contributed by atoms with E-state index in [2.05, 4.69) is 25.4 Å². The van der Waals surface area contributed by atoms with Crippen molar-refractivity contribution in [3.8, 4) is 0 Å². The number of nitrogens with zero attached hydrogens (tertiary/aromatic N) is 3. The maximum Gasteiger partial charge on any atom is 0.234 e. The molecule has 2 aliphatic rings. The van der Waals surface area contributed by atoms with Crippen molar-refractivity contribution in [3.63, 3.8) is 0 Å². The highest BCUT2D eigenvalue weighted by atomic mass is 35.5. The molecule has 2 aliphatic heterocycles. The molecule has 0 spiro atoms. The van der Waals surface area contributed by atoms with Gasteiger partial charge in [0, 0.05) is 38.9 Å². The Bertz CT molecular complexity index is 506. The largest absolute Gasteiger partial charge is 0.355 e. The molecule has 26 heavy (non-hydrogen) atoms. The first-order chi connectivity index (χ1) is 11.8. The van der Waals surface area contributed by atoms with E-state index in [4.69, 9.17) is 0 Å². The number of rotatable bonds is 6. The molecule has 1 amide bonds. The van der Waals surface area contributed by atoms with Crippen molar-refractivity contribution in [2.75, 3.05) is 57.3 Å². The molecule has 6 nitrogen and oxygen atoms in total. The maximum absolute atomic E-state index is 12.1. The molecular weight excluding hydrogens is 373 g/mol. The third-order valence-corrected chi connectivity index (χ3v) is 4.99. The second kappa shape index (κ2) is 12.3. The predicted molar refractivity (Wildman–Crippen MR) is 111 cm³/mol. The van der Waals surface area contributed by atoms with Gasteiger partial charge in [0.15, 0.2) is 0 Å². The zero-order valence-corrected chi connectivity index (χ0v) is 16.9. The molecule has 2 saturated heterocycles. The summed E-state index contributed by atoms with van der Waals surface area (Å²) in [5.74, 6) is 1.91. The number of hydrogen-bond donors (Lipinski definition) is 2. The van der Waals surface area contributed by atoms with Crippen LogP contribution in [0.1, 0.15) is 19.3 Å². The number of aromatic nitrogens is 1. The standard InChI is InChI=1S/C18H29N5O.2ClH/c24-18(21-9-6-16-4-3-7-19-14-16)15-22-10-12-23(13-11-22)17-5-1-2-8-20-17;;/h1-2,5,8,16,19H,3-4,6-7,9-15H2,(H,21,24);2*1H. The molecule has 0 aliphatic carbocycles. The summed E-state index contributed by atoms with van der Waals surface area (Å²) in [5.41, 5.74) is 0. The molecule has 1 aromatic rings. The second-order valence-corrected chi connectivity index (χ2v) is 6.80. The zero-order valence-electron chi connectivity index (χ0n) is 15.2. The minimum atomic E-state index is 0. The minimum Gasteiger partial charge on any atom is -0.355 e. The summed E-state index contributed by atoms with van der Waals surface area (Å²) in [6.07, 6.45) is 5.47. The number of hydrogen-bond acceptors (Lipinski definition) is 5. The third kappa shape index (κ3) is 7.27. The van der Waals surface area contributed by atoms with Crippen molar-refractivity contribution in [1.82, 2.24) is 20.5 Å². The normalized spacial score (nSPS) is 20.6. The third-order valence-electron chi connectivity index (χ3n) is 4.99. The van der Waals surface area contributed by atoms with Crippen LogP contribution in [0.4, 0.5) is 5.82 Å². The van der Waals surface area contributed by atoms with E-state index in [1.165, 1.54) is 12.8 Å². The predicted octanol–water partition coefficient (Wildman–Crippen LogP) is 1.55. The van der Waals surface area contributed by atoms with Gasteiger partial charge in [-0.3, -0.25) is 9.69 Å². The SMILES string of the molecule is Cl.Cl.O=C(CN1CCN(c2ccccn2)CC1)NCCC1CCCNC1. The van der Waals surface area contributed by atoms with Crippen LogP contribution in [0.15, 0.2) is 24.4 Å². The second-order valence-electron chi connectivity index (χ2n) is 6.80. The van der Waals surface area contributed by atoms with Crippen LogP contribution in [0.5, 0.6) is 0 Å². The zero-order chi connectivity index (χ0) is 16.6. The summed E-state index contributed by atoms with van der Waals surface area (Å²) in [5, 5.41) is 6.51. The van der Waals surface area contributed by atoms with Gasteiger partial charge in [0.2, 0.25) is 5.91 Å². The van der Waals surface area contributed by atoms with Gasteiger partial charge in [0.25, 0.3) is 0 Å². The van der Waals surface area contributed by atoms with Crippen LogP contribution in [-0.4, -0.2) is 68.1 Å². The van der Waals surface area contributed by atoms with Crippen LogP contribution < -0.4 is 15.5 Å². The van der Waals surface area contributed by atoms with Crippen LogP contribution in [0.3, 0.4) is 0 Å². The van der Waals surface area contributed by atoms with Gasteiger partial charge < -0.3 is 15.5 Å². The maximum atomic E-state index is 12.1. The molecule has 0 bridgehead atoms. The van der Waals surface area contributed by atoms with E-state index in [-0.39, 0.29) is 30.7 Å². The molecule has 2 fully saturated rings. The Hall–Kier alpha value is -1.08. The number of amides is 1. The lowest BCUT2D eigenvalue weighted by atomic mass is 9.96. The Morgan fingerprint density at radius 1 is 1.23 bits per heavy atom. The van der Waals surface area contributed by atoms with E-state index in [9.17, 15) is 4.79 Å². The van der Waals surface area contributed by atoms with Gasteiger partial charge in [0.1, 0.15) is 5.82 Å². The van der Waals surface area contributed by atoms with Crippen LogP contribution in [0, 0.1) is 5.92 Å². The highest BCUT2D eigenvalue weighted by Crippen LogP contribution is 2.13. The average molecular weight is 404 g/mol. The Morgan fingerprint density at radius 2 is 2.04 bits per heavy atom. The molecule has 3 rings (SSSR count). The molecule has 0 radical (unpaired) electrons. The Labute approximate surface area is 168 Å². The first-order valence-corrected chi connectivity index (χ1v) is 9.17. The average Bonchev–Trinajstić information content (AvgIpc) is 2.64. The van der Waals surface area contributed by atoms with Crippen molar-refractivity contribution in [2.24, 2.45) is 5.92 Å². The molecule has 1 atom stereocenters. The fourth-order valence-corrected chi connectivity index (χ4v) is 3.52. The summed E-state index contributed by atoms with van der Waals surface area (Å²) in [6, 6.07) is 6.00. The lowest BCUT2D eigenvalue weighted by Crippen LogP contribution is -2.49. The van der Waals surface area contributed by atoms with Crippen molar-refractivity contribution < 1.29 is 4.79 Å². The molecule has 0 saturated carbocycles. The van der Waals surface area contributed by atoms with Gasteiger partial charge in [-0.15, -0.1) is 24.8 Å².